The van der Waals surface area contributed by atoms with Gasteiger partial charge in [-0.2, -0.15) is 0 Å². The topological polar surface area (TPSA) is 38.0 Å². The van der Waals surface area contributed by atoms with Crippen LogP contribution in [0.4, 0.5) is 0 Å². The molecule has 2 atom stereocenters. The third kappa shape index (κ3) is 1.33. The molecular weight excluding hydrogens is 172 g/mol. The first-order valence-electron chi connectivity index (χ1n) is 4.02. The number of hydrogen-bond acceptors (Lipinski definition) is 2. The SMILES string of the molecule is NC1CNC1c1ccc(Cl)cc1. The van der Waals surface area contributed by atoms with Crippen LogP contribution in [0.15, 0.2) is 24.3 Å². The zero-order valence-corrected chi connectivity index (χ0v) is 7.38. The Hall–Kier alpha value is -0.570. The number of rotatable bonds is 1. The van der Waals surface area contributed by atoms with E-state index in [1.165, 1.54) is 5.56 Å². The lowest BCUT2D eigenvalue weighted by Gasteiger charge is -2.35. The van der Waals surface area contributed by atoms with Gasteiger partial charge in [-0.1, -0.05) is 23.7 Å². The Kier molecular flexibility index (Phi) is 2.05. The van der Waals surface area contributed by atoms with Gasteiger partial charge >= 0.3 is 0 Å². The van der Waals surface area contributed by atoms with Crippen molar-refractivity contribution >= 4 is 11.6 Å². The standard InChI is InChI=1S/C9H11ClN2/c10-7-3-1-6(2-4-7)9-8(11)5-12-9/h1-4,8-9,12H,5,11H2. The van der Waals surface area contributed by atoms with Crippen LogP contribution in [0.1, 0.15) is 11.6 Å². The van der Waals surface area contributed by atoms with Gasteiger partial charge in [0.1, 0.15) is 0 Å². The fraction of sp³-hybridized carbons (Fsp3) is 0.333. The number of hydrogen-bond donors (Lipinski definition) is 2. The third-order valence-electron chi connectivity index (χ3n) is 2.23. The zero-order chi connectivity index (χ0) is 8.55. The van der Waals surface area contributed by atoms with E-state index in [1.54, 1.807) is 0 Å². The van der Waals surface area contributed by atoms with Gasteiger partial charge in [0.15, 0.2) is 0 Å². The van der Waals surface area contributed by atoms with E-state index in [0.717, 1.165) is 11.6 Å². The molecule has 0 amide bonds. The summed E-state index contributed by atoms with van der Waals surface area (Å²) in [6, 6.07) is 8.39. The van der Waals surface area contributed by atoms with Gasteiger partial charge in [-0.3, -0.25) is 0 Å². The van der Waals surface area contributed by atoms with Crippen LogP contribution in [0.5, 0.6) is 0 Å². The molecule has 0 spiro atoms. The van der Waals surface area contributed by atoms with Crippen LogP contribution in [0.3, 0.4) is 0 Å². The lowest BCUT2D eigenvalue weighted by molar-refractivity contribution is 0.319. The predicted octanol–water partition coefficient (Wildman–Crippen LogP) is 1.31. The first-order valence-corrected chi connectivity index (χ1v) is 4.39. The van der Waals surface area contributed by atoms with Gasteiger partial charge < -0.3 is 11.1 Å². The maximum Gasteiger partial charge on any atom is 0.0486 e. The highest BCUT2D eigenvalue weighted by Gasteiger charge is 2.27. The van der Waals surface area contributed by atoms with Crippen LogP contribution in [-0.2, 0) is 0 Å². The molecular formula is C9H11ClN2. The summed E-state index contributed by atoms with van der Waals surface area (Å²) in [5.41, 5.74) is 7.02. The predicted molar refractivity (Wildman–Crippen MR) is 50.2 cm³/mol. The number of nitrogens with two attached hydrogens (primary N) is 1. The van der Waals surface area contributed by atoms with Crippen molar-refractivity contribution in [2.75, 3.05) is 6.54 Å². The first-order chi connectivity index (χ1) is 5.77. The fourth-order valence-electron chi connectivity index (χ4n) is 1.41. The highest BCUT2D eigenvalue weighted by Crippen LogP contribution is 2.23. The summed E-state index contributed by atoms with van der Waals surface area (Å²) in [6.45, 7) is 0.910. The minimum Gasteiger partial charge on any atom is -0.325 e. The molecule has 1 saturated heterocycles. The average Bonchev–Trinajstić information content (AvgIpc) is 2.06. The Morgan fingerprint density at radius 1 is 1.33 bits per heavy atom. The molecule has 0 radical (unpaired) electrons. The van der Waals surface area contributed by atoms with Gasteiger partial charge in [0.2, 0.25) is 0 Å². The van der Waals surface area contributed by atoms with Gasteiger partial charge in [-0.05, 0) is 17.7 Å². The van der Waals surface area contributed by atoms with Gasteiger partial charge in [-0.15, -0.1) is 0 Å². The molecule has 0 bridgehead atoms. The van der Waals surface area contributed by atoms with E-state index in [2.05, 4.69) is 5.32 Å². The summed E-state index contributed by atoms with van der Waals surface area (Å²) < 4.78 is 0. The molecule has 1 aliphatic rings. The van der Waals surface area contributed by atoms with Crippen molar-refractivity contribution in [3.8, 4) is 0 Å². The van der Waals surface area contributed by atoms with Crippen molar-refractivity contribution in [3.63, 3.8) is 0 Å². The van der Waals surface area contributed by atoms with E-state index in [1.807, 2.05) is 24.3 Å². The van der Waals surface area contributed by atoms with Crippen molar-refractivity contribution in [3.05, 3.63) is 34.9 Å². The summed E-state index contributed by atoms with van der Waals surface area (Å²) in [5, 5.41) is 4.03. The van der Waals surface area contributed by atoms with Gasteiger partial charge in [0.25, 0.3) is 0 Å². The van der Waals surface area contributed by atoms with Gasteiger partial charge in [-0.25, -0.2) is 0 Å². The molecule has 64 valence electrons. The summed E-state index contributed by atoms with van der Waals surface area (Å²) in [6.07, 6.45) is 0. The molecule has 1 aromatic rings. The Labute approximate surface area is 76.7 Å². The molecule has 1 aliphatic heterocycles. The Morgan fingerprint density at radius 3 is 2.42 bits per heavy atom. The Balaban J connectivity index is 2.18. The number of nitrogens with one attached hydrogen (secondary N) is 1. The second-order valence-electron chi connectivity index (χ2n) is 3.10. The van der Waals surface area contributed by atoms with Crippen LogP contribution >= 0.6 is 11.6 Å². The molecule has 1 fully saturated rings. The van der Waals surface area contributed by atoms with Crippen molar-refractivity contribution in [2.24, 2.45) is 5.73 Å². The minimum atomic E-state index is 0.256. The molecule has 3 heteroatoms. The molecule has 0 aliphatic carbocycles. The van der Waals surface area contributed by atoms with Crippen molar-refractivity contribution in [1.29, 1.82) is 0 Å². The monoisotopic (exact) mass is 182 g/mol. The maximum atomic E-state index is 5.80. The van der Waals surface area contributed by atoms with Crippen LogP contribution in [-0.4, -0.2) is 12.6 Å². The third-order valence-corrected chi connectivity index (χ3v) is 2.48. The fourth-order valence-corrected chi connectivity index (χ4v) is 1.53. The first kappa shape index (κ1) is 8.05. The van der Waals surface area contributed by atoms with Crippen LogP contribution in [0.25, 0.3) is 0 Å². The molecule has 2 nitrogen and oxygen atoms in total. The van der Waals surface area contributed by atoms with Crippen molar-refractivity contribution in [2.45, 2.75) is 12.1 Å². The average molecular weight is 183 g/mol. The largest absolute Gasteiger partial charge is 0.325 e. The van der Waals surface area contributed by atoms with E-state index in [9.17, 15) is 0 Å². The summed E-state index contributed by atoms with van der Waals surface area (Å²) in [7, 11) is 0. The van der Waals surface area contributed by atoms with Crippen molar-refractivity contribution < 1.29 is 0 Å². The number of halogens is 1. The van der Waals surface area contributed by atoms with E-state index in [4.69, 9.17) is 17.3 Å². The lowest BCUT2D eigenvalue weighted by Crippen LogP contribution is -2.55. The molecule has 1 aromatic carbocycles. The Morgan fingerprint density at radius 2 is 2.00 bits per heavy atom. The normalized spacial score (nSPS) is 28.2. The van der Waals surface area contributed by atoms with Crippen molar-refractivity contribution in [1.82, 2.24) is 5.32 Å². The van der Waals surface area contributed by atoms with E-state index in [0.29, 0.717) is 6.04 Å². The smallest absolute Gasteiger partial charge is 0.0486 e. The van der Waals surface area contributed by atoms with E-state index < -0.39 is 0 Å². The molecule has 0 aromatic heterocycles. The molecule has 1 heterocycles. The lowest BCUT2D eigenvalue weighted by atomic mass is 9.93. The number of benzene rings is 1. The maximum absolute atomic E-state index is 5.80. The highest BCUT2D eigenvalue weighted by atomic mass is 35.5. The molecule has 3 N–H and O–H groups in total. The second-order valence-corrected chi connectivity index (χ2v) is 3.54. The van der Waals surface area contributed by atoms with Crippen LogP contribution < -0.4 is 11.1 Å². The van der Waals surface area contributed by atoms with Crippen LogP contribution in [0, 0.1) is 0 Å². The molecule has 2 rings (SSSR count). The zero-order valence-electron chi connectivity index (χ0n) is 6.63. The quantitative estimate of drug-likeness (QED) is 0.688. The highest BCUT2D eigenvalue weighted by molar-refractivity contribution is 6.30. The van der Waals surface area contributed by atoms with Gasteiger partial charge in [0.05, 0.1) is 0 Å². The van der Waals surface area contributed by atoms with E-state index in [-0.39, 0.29) is 6.04 Å². The van der Waals surface area contributed by atoms with Crippen LogP contribution in [0.2, 0.25) is 5.02 Å². The summed E-state index contributed by atoms with van der Waals surface area (Å²) >= 11 is 5.76. The summed E-state index contributed by atoms with van der Waals surface area (Å²) in [5.74, 6) is 0. The molecule has 12 heavy (non-hydrogen) atoms. The van der Waals surface area contributed by atoms with Gasteiger partial charge in [0, 0.05) is 23.7 Å². The Bertz CT molecular complexity index is 270. The molecule has 2 unspecified atom stereocenters. The molecule has 0 saturated carbocycles. The summed E-state index contributed by atoms with van der Waals surface area (Å²) in [4.78, 5) is 0. The second kappa shape index (κ2) is 3.05. The van der Waals surface area contributed by atoms with E-state index >= 15 is 0 Å². The minimum absolute atomic E-state index is 0.256.